The number of aromatic nitrogens is 1. The van der Waals surface area contributed by atoms with E-state index in [2.05, 4.69) is 27.7 Å². The number of hydrogen-bond donors (Lipinski definition) is 1. The van der Waals surface area contributed by atoms with E-state index in [4.69, 9.17) is 14.5 Å². The minimum atomic E-state index is -0.739. The fraction of sp³-hybridized carbons (Fsp3) is 0.500. The molecule has 0 radical (unpaired) electrons. The average Bonchev–Trinajstić information content (AvgIpc) is 2.77. The second-order valence-corrected chi connectivity index (χ2v) is 9.45. The van der Waals surface area contributed by atoms with Crippen molar-refractivity contribution in [2.75, 3.05) is 14.2 Å². The molecule has 0 saturated heterocycles. The Kier molecular flexibility index (Phi) is 10.4. The van der Waals surface area contributed by atoms with Gasteiger partial charge in [-0.2, -0.15) is 0 Å². The maximum Gasteiger partial charge on any atom is 0.305 e. The zero-order valence-corrected chi connectivity index (χ0v) is 21.4. The van der Waals surface area contributed by atoms with Crippen LogP contribution in [0, 0.1) is 11.7 Å². The van der Waals surface area contributed by atoms with Gasteiger partial charge in [0.2, 0.25) is 0 Å². The monoisotopic (exact) mass is 471 g/mol. The van der Waals surface area contributed by atoms with Crippen LogP contribution in [-0.2, 0) is 20.9 Å². The van der Waals surface area contributed by atoms with Crippen molar-refractivity contribution in [1.82, 2.24) is 4.98 Å². The number of carbonyl (C=O) groups excluding carboxylic acids is 1. The number of benzene rings is 1. The van der Waals surface area contributed by atoms with Crippen LogP contribution in [0.4, 0.5) is 4.39 Å². The van der Waals surface area contributed by atoms with E-state index in [0.717, 1.165) is 33.6 Å². The first kappa shape index (κ1) is 27.7. The predicted octanol–water partition coefficient (Wildman–Crippen LogP) is 6.24. The Morgan fingerprint density at radius 3 is 2.21 bits per heavy atom. The number of aliphatic hydroxyl groups is 1. The van der Waals surface area contributed by atoms with Gasteiger partial charge in [-0.1, -0.05) is 58.9 Å². The number of esters is 1. The number of hydrogen-bond acceptors (Lipinski definition) is 5. The molecule has 2 atom stereocenters. The van der Waals surface area contributed by atoms with E-state index in [0.29, 0.717) is 13.0 Å². The molecule has 0 bridgehead atoms. The largest absolute Gasteiger partial charge is 0.469 e. The molecule has 0 aliphatic rings. The Bertz CT molecular complexity index is 983. The van der Waals surface area contributed by atoms with Crippen LogP contribution in [0.1, 0.15) is 81.8 Å². The van der Waals surface area contributed by atoms with Crippen LogP contribution in [0.25, 0.3) is 17.2 Å². The van der Waals surface area contributed by atoms with Gasteiger partial charge >= 0.3 is 5.97 Å². The predicted molar refractivity (Wildman–Crippen MR) is 134 cm³/mol. The number of halogens is 1. The third-order valence-electron chi connectivity index (χ3n) is 5.78. The van der Waals surface area contributed by atoms with E-state index in [1.807, 2.05) is 13.0 Å². The van der Waals surface area contributed by atoms with Crippen LogP contribution in [0.3, 0.4) is 0 Å². The molecule has 0 spiro atoms. The SMILES string of the molecule is COCc1c(C(C)C)nc(C(C)C)c(/C=C/[C@@H](O)C[C@@H](C)CC(=O)OC)c1-c1ccc(F)cc1. The molecule has 0 saturated carbocycles. The van der Waals surface area contributed by atoms with Gasteiger partial charge in [0.25, 0.3) is 0 Å². The van der Waals surface area contributed by atoms with E-state index < -0.39 is 6.10 Å². The lowest BCUT2D eigenvalue weighted by Gasteiger charge is -2.23. The average molecular weight is 472 g/mol. The number of aliphatic hydroxyl groups excluding tert-OH is 1. The third-order valence-corrected chi connectivity index (χ3v) is 5.78. The Labute approximate surface area is 203 Å². The molecule has 1 heterocycles. The van der Waals surface area contributed by atoms with Crippen molar-refractivity contribution < 1.29 is 23.8 Å². The van der Waals surface area contributed by atoms with Crippen molar-refractivity contribution in [1.29, 1.82) is 0 Å². The van der Waals surface area contributed by atoms with Gasteiger partial charge in [0.1, 0.15) is 5.82 Å². The molecule has 5 nitrogen and oxygen atoms in total. The fourth-order valence-corrected chi connectivity index (χ4v) is 4.15. The first-order valence-electron chi connectivity index (χ1n) is 11.8. The van der Waals surface area contributed by atoms with E-state index in [1.54, 1.807) is 25.3 Å². The van der Waals surface area contributed by atoms with Crippen LogP contribution in [0.5, 0.6) is 0 Å². The van der Waals surface area contributed by atoms with Gasteiger partial charge in [-0.15, -0.1) is 0 Å². The zero-order chi connectivity index (χ0) is 25.4. The molecular formula is C28H38FNO4. The van der Waals surface area contributed by atoms with Gasteiger partial charge in [0, 0.05) is 30.4 Å². The Morgan fingerprint density at radius 1 is 1.06 bits per heavy atom. The molecule has 0 aliphatic carbocycles. The molecule has 1 N–H and O–H groups in total. The lowest BCUT2D eigenvalue weighted by atomic mass is 9.87. The molecule has 34 heavy (non-hydrogen) atoms. The summed E-state index contributed by atoms with van der Waals surface area (Å²) in [4.78, 5) is 16.6. The molecular weight excluding hydrogens is 433 g/mol. The van der Waals surface area contributed by atoms with Crippen molar-refractivity contribution in [3.63, 3.8) is 0 Å². The van der Waals surface area contributed by atoms with E-state index in [1.165, 1.54) is 19.2 Å². The van der Waals surface area contributed by atoms with E-state index in [9.17, 15) is 14.3 Å². The third kappa shape index (κ3) is 7.21. The van der Waals surface area contributed by atoms with E-state index in [-0.39, 0.29) is 36.0 Å². The van der Waals surface area contributed by atoms with E-state index >= 15 is 0 Å². The van der Waals surface area contributed by atoms with Gasteiger partial charge in [0.05, 0.1) is 25.5 Å². The van der Waals surface area contributed by atoms with Crippen LogP contribution in [0.15, 0.2) is 30.3 Å². The number of nitrogens with zero attached hydrogens (tertiary/aromatic N) is 1. The quantitative estimate of drug-likeness (QED) is 0.393. The molecule has 2 rings (SSSR count). The summed E-state index contributed by atoms with van der Waals surface area (Å²) in [7, 11) is 3.01. The van der Waals surface area contributed by atoms with Crippen molar-refractivity contribution >= 4 is 12.0 Å². The zero-order valence-electron chi connectivity index (χ0n) is 21.4. The summed E-state index contributed by atoms with van der Waals surface area (Å²) in [5.41, 5.74) is 5.52. The highest BCUT2D eigenvalue weighted by Crippen LogP contribution is 2.38. The van der Waals surface area contributed by atoms with Crippen LogP contribution >= 0.6 is 0 Å². The number of pyridine rings is 1. The normalized spacial score (nSPS) is 13.6. The molecule has 2 aromatic rings. The van der Waals surface area contributed by atoms with Crippen LogP contribution in [-0.4, -0.2) is 36.4 Å². The molecule has 0 amide bonds. The fourth-order valence-electron chi connectivity index (χ4n) is 4.15. The van der Waals surface area contributed by atoms with Gasteiger partial charge in [-0.3, -0.25) is 9.78 Å². The van der Waals surface area contributed by atoms with Crippen LogP contribution < -0.4 is 0 Å². The molecule has 0 aliphatic heterocycles. The first-order chi connectivity index (χ1) is 16.1. The Morgan fingerprint density at radius 2 is 1.68 bits per heavy atom. The van der Waals surface area contributed by atoms with Gasteiger partial charge < -0.3 is 14.6 Å². The van der Waals surface area contributed by atoms with Crippen molar-refractivity contribution in [2.45, 2.75) is 72.0 Å². The lowest BCUT2D eigenvalue weighted by Crippen LogP contribution is -2.14. The highest BCUT2D eigenvalue weighted by molar-refractivity contribution is 5.80. The summed E-state index contributed by atoms with van der Waals surface area (Å²) in [6.45, 7) is 10.6. The summed E-state index contributed by atoms with van der Waals surface area (Å²) in [6, 6.07) is 6.44. The number of methoxy groups -OCH3 is 2. The maximum atomic E-state index is 13.7. The highest BCUT2D eigenvalue weighted by atomic mass is 19.1. The topological polar surface area (TPSA) is 68.7 Å². The second kappa shape index (κ2) is 12.8. The van der Waals surface area contributed by atoms with Crippen molar-refractivity contribution in [2.24, 2.45) is 5.92 Å². The van der Waals surface area contributed by atoms with Gasteiger partial charge in [-0.25, -0.2) is 4.39 Å². The number of ether oxygens (including phenoxy) is 2. The smallest absolute Gasteiger partial charge is 0.305 e. The summed E-state index contributed by atoms with van der Waals surface area (Å²) >= 11 is 0. The molecule has 1 aromatic carbocycles. The van der Waals surface area contributed by atoms with Gasteiger partial charge in [0.15, 0.2) is 0 Å². The van der Waals surface area contributed by atoms with Crippen LogP contribution in [0.2, 0.25) is 0 Å². The minimum Gasteiger partial charge on any atom is -0.469 e. The summed E-state index contributed by atoms with van der Waals surface area (Å²) < 4.78 is 24.0. The summed E-state index contributed by atoms with van der Waals surface area (Å²) in [5, 5.41) is 10.7. The summed E-state index contributed by atoms with van der Waals surface area (Å²) in [5.74, 6) is -0.319. The Hall–Kier alpha value is -2.57. The number of carbonyl (C=O) groups is 1. The number of rotatable bonds is 11. The molecule has 0 fully saturated rings. The van der Waals surface area contributed by atoms with Crippen molar-refractivity contribution in [3.8, 4) is 11.1 Å². The molecule has 1 aromatic heterocycles. The minimum absolute atomic E-state index is 0.0290. The van der Waals surface area contributed by atoms with Crippen molar-refractivity contribution in [3.05, 3.63) is 58.7 Å². The molecule has 0 unspecified atom stereocenters. The standard InChI is InChI=1S/C28H38FNO4/c1-17(2)27-23(13-12-22(31)14-19(5)15-25(32)34-7)26(20-8-10-21(29)11-9-20)24(16-33-6)28(30-27)18(3)4/h8-13,17-19,22,31H,14-16H2,1-7H3/b13-12+/t19-,22-/m1/s1. The summed E-state index contributed by atoms with van der Waals surface area (Å²) in [6.07, 6.45) is 3.59. The highest BCUT2D eigenvalue weighted by Gasteiger charge is 2.23. The second-order valence-electron chi connectivity index (χ2n) is 9.45. The molecule has 6 heteroatoms. The molecule has 186 valence electrons. The maximum absolute atomic E-state index is 13.7. The Balaban J connectivity index is 2.64. The van der Waals surface area contributed by atoms with Gasteiger partial charge in [-0.05, 0) is 47.4 Å². The first-order valence-corrected chi connectivity index (χ1v) is 11.8. The lowest BCUT2D eigenvalue weighted by molar-refractivity contribution is -0.141.